The molecule has 1 unspecified atom stereocenters. The summed E-state index contributed by atoms with van der Waals surface area (Å²) in [6.45, 7) is 8.67. The van der Waals surface area contributed by atoms with Gasteiger partial charge in [-0.1, -0.05) is 11.6 Å². The van der Waals surface area contributed by atoms with Crippen LogP contribution in [-0.2, 0) is 11.3 Å². The predicted octanol–water partition coefficient (Wildman–Crippen LogP) is 3.21. The molecule has 1 fully saturated rings. The number of halogens is 1. The van der Waals surface area contributed by atoms with Crippen LogP contribution >= 0.6 is 11.6 Å². The van der Waals surface area contributed by atoms with Gasteiger partial charge in [0.2, 0.25) is 0 Å². The van der Waals surface area contributed by atoms with Gasteiger partial charge in [0, 0.05) is 19.5 Å². The number of carbonyl (C=O) groups is 1. The first-order valence-corrected chi connectivity index (χ1v) is 9.00. The van der Waals surface area contributed by atoms with Crippen molar-refractivity contribution in [3.63, 3.8) is 0 Å². The van der Waals surface area contributed by atoms with Crippen LogP contribution in [0.25, 0.3) is 0 Å². The van der Waals surface area contributed by atoms with Gasteiger partial charge in [-0.2, -0.15) is 0 Å². The second-order valence-electron chi connectivity index (χ2n) is 7.18. The molecule has 3 rings (SSSR count). The van der Waals surface area contributed by atoms with Crippen molar-refractivity contribution in [2.75, 3.05) is 26.3 Å². The van der Waals surface area contributed by atoms with Crippen molar-refractivity contribution in [1.82, 2.24) is 10.2 Å². The third-order valence-electron chi connectivity index (χ3n) is 4.16. The summed E-state index contributed by atoms with van der Waals surface area (Å²) in [7, 11) is 0. The maximum Gasteiger partial charge on any atom is 0.317 e. The lowest BCUT2D eigenvalue weighted by Crippen LogP contribution is -2.56. The average Bonchev–Trinajstić information content (AvgIpc) is 2.76. The summed E-state index contributed by atoms with van der Waals surface area (Å²) in [4.78, 5) is 14.3. The van der Waals surface area contributed by atoms with E-state index in [1.165, 1.54) is 0 Å². The summed E-state index contributed by atoms with van der Waals surface area (Å²) in [5.41, 5.74) is 0.538. The zero-order chi connectivity index (χ0) is 18.0. The molecule has 0 bridgehead atoms. The molecule has 0 aromatic heterocycles. The predicted molar refractivity (Wildman–Crippen MR) is 95.5 cm³/mol. The Morgan fingerprint density at radius 1 is 1.36 bits per heavy atom. The largest absolute Gasteiger partial charge is 0.489 e. The minimum Gasteiger partial charge on any atom is -0.489 e. The molecular formula is C18H25ClN2O4. The van der Waals surface area contributed by atoms with Gasteiger partial charge in [0.1, 0.15) is 0 Å². The zero-order valence-corrected chi connectivity index (χ0v) is 15.7. The lowest BCUT2D eigenvalue weighted by Gasteiger charge is -2.41. The highest BCUT2D eigenvalue weighted by atomic mass is 35.5. The summed E-state index contributed by atoms with van der Waals surface area (Å²) < 4.78 is 17.1. The lowest BCUT2D eigenvalue weighted by molar-refractivity contribution is -0.117. The minimum atomic E-state index is -0.340. The number of urea groups is 1. The lowest BCUT2D eigenvalue weighted by atomic mass is 10.1. The van der Waals surface area contributed by atoms with Crippen LogP contribution < -0.4 is 14.8 Å². The number of nitrogens with zero attached hydrogens (tertiary/aromatic N) is 1. The van der Waals surface area contributed by atoms with Crippen LogP contribution in [0.2, 0.25) is 5.02 Å². The topological polar surface area (TPSA) is 60.0 Å². The van der Waals surface area contributed by atoms with Gasteiger partial charge in [0.15, 0.2) is 11.5 Å². The monoisotopic (exact) mass is 368 g/mol. The quantitative estimate of drug-likeness (QED) is 0.870. The van der Waals surface area contributed by atoms with E-state index in [1.807, 2.05) is 26.8 Å². The Labute approximate surface area is 153 Å². The molecule has 2 amide bonds. The molecule has 1 N–H and O–H groups in total. The standard InChI is InChI=1S/C18H25ClN2O4/c1-12-10-21(11-18(2,3)25-12)17(22)20-9-13-7-14(19)16-15(8-13)23-5-4-6-24-16/h7-8,12H,4-6,9-11H2,1-3H3,(H,20,22). The number of carbonyl (C=O) groups excluding carboxylic acids is 1. The number of benzene rings is 1. The summed E-state index contributed by atoms with van der Waals surface area (Å²) in [5, 5.41) is 3.46. The van der Waals surface area contributed by atoms with Crippen molar-refractivity contribution in [1.29, 1.82) is 0 Å². The van der Waals surface area contributed by atoms with Gasteiger partial charge in [-0.05, 0) is 38.5 Å². The Kier molecular flexibility index (Phi) is 5.29. The first kappa shape index (κ1) is 18.1. The summed E-state index contributed by atoms with van der Waals surface area (Å²) >= 11 is 6.30. The molecule has 0 saturated carbocycles. The van der Waals surface area contributed by atoms with Crippen LogP contribution in [-0.4, -0.2) is 48.9 Å². The smallest absolute Gasteiger partial charge is 0.317 e. The van der Waals surface area contributed by atoms with E-state index in [0.717, 1.165) is 12.0 Å². The van der Waals surface area contributed by atoms with E-state index in [-0.39, 0.29) is 17.7 Å². The Balaban J connectivity index is 1.64. The van der Waals surface area contributed by atoms with Crippen LogP contribution in [0.15, 0.2) is 12.1 Å². The number of nitrogens with one attached hydrogen (secondary N) is 1. The van der Waals surface area contributed by atoms with E-state index in [0.29, 0.717) is 49.4 Å². The van der Waals surface area contributed by atoms with Gasteiger partial charge < -0.3 is 24.4 Å². The molecule has 1 atom stereocenters. The molecule has 138 valence electrons. The molecule has 0 spiro atoms. The third kappa shape index (κ3) is 4.50. The van der Waals surface area contributed by atoms with E-state index in [2.05, 4.69) is 5.32 Å². The number of hydrogen-bond donors (Lipinski definition) is 1. The van der Waals surface area contributed by atoms with Gasteiger partial charge in [-0.15, -0.1) is 0 Å². The van der Waals surface area contributed by atoms with Gasteiger partial charge in [-0.25, -0.2) is 4.79 Å². The van der Waals surface area contributed by atoms with Gasteiger partial charge in [-0.3, -0.25) is 0 Å². The van der Waals surface area contributed by atoms with E-state index >= 15 is 0 Å². The Hall–Kier alpha value is -1.66. The van der Waals surface area contributed by atoms with Crippen LogP contribution in [0, 0.1) is 0 Å². The fourth-order valence-electron chi connectivity index (χ4n) is 3.28. The highest BCUT2D eigenvalue weighted by molar-refractivity contribution is 6.32. The van der Waals surface area contributed by atoms with Crippen molar-refractivity contribution < 1.29 is 19.0 Å². The normalized spacial score (nSPS) is 22.2. The second kappa shape index (κ2) is 7.30. The van der Waals surface area contributed by atoms with E-state index in [9.17, 15) is 4.79 Å². The number of ether oxygens (including phenoxy) is 3. The number of fused-ring (bicyclic) bond motifs is 1. The molecule has 7 heteroatoms. The summed E-state index contributed by atoms with van der Waals surface area (Å²) in [6.07, 6.45) is 0.837. The summed E-state index contributed by atoms with van der Waals surface area (Å²) in [6, 6.07) is 3.58. The average molecular weight is 369 g/mol. The highest BCUT2D eigenvalue weighted by Crippen LogP contribution is 2.38. The first-order chi connectivity index (χ1) is 11.8. The van der Waals surface area contributed by atoms with Gasteiger partial charge >= 0.3 is 6.03 Å². The maximum absolute atomic E-state index is 12.5. The number of amides is 2. The Morgan fingerprint density at radius 2 is 2.12 bits per heavy atom. The SMILES string of the molecule is CC1CN(C(=O)NCc2cc(Cl)c3c(c2)OCCCO3)CC(C)(C)O1. The maximum atomic E-state index is 12.5. The highest BCUT2D eigenvalue weighted by Gasteiger charge is 2.33. The van der Waals surface area contributed by atoms with E-state index in [1.54, 1.807) is 11.0 Å². The Bertz CT molecular complexity index is 650. The number of morpholine rings is 1. The van der Waals surface area contributed by atoms with Gasteiger partial charge in [0.05, 0.1) is 36.5 Å². The fourth-order valence-corrected chi connectivity index (χ4v) is 3.57. The third-order valence-corrected chi connectivity index (χ3v) is 4.44. The molecule has 0 radical (unpaired) electrons. The molecule has 2 aliphatic rings. The molecule has 1 aromatic rings. The van der Waals surface area contributed by atoms with Crippen molar-refractivity contribution in [2.45, 2.75) is 45.4 Å². The van der Waals surface area contributed by atoms with Gasteiger partial charge in [0.25, 0.3) is 0 Å². The minimum absolute atomic E-state index is 0.0157. The molecule has 25 heavy (non-hydrogen) atoms. The second-order valence-corrected chi connectivity index (χ2v) is 7.59. The molecule has 0 aliphatic carbocycles. The molecule has 1 saturated heterocycles. The molecular weight excluding hydrogens is 344 g/mol. The molecule has 6 nitrogen and oxygen atoms in total. The van der Waals surface area contributed by atoms with E-state index in [4.69, 9.17) is 25.8 Å². The van der Waals surface area contributed by atoms with Crippen LogP contribution in [0.4, 0.5) is 4.79 Å². The van der Waals surface area contributed by atoms with Crippen LogP contribution in [0.3, 0.4) is 0 Å². The summed E-state index contributed by atoms with van der Waals surface area (Å²) in [5.74, 6) is 1.22. The van der Waals surface area contributed by atoms with Crippen molar-refractivity contribution in [3.05, 3.63) is 22.7 Å². The zero-order valence-electron chi connectivity index (χ0n) is 14.9. The number of hydrogen-bond acceptors (Lipinski definition) is 4. The van der Waals surface area contributed by atoms with Crippen molar-refractivity contribution in [3.8, 4) is 11.5 Å². The molecule has 2 aliphatic heterocycles. The van der Waals surface area contributed by atoms with Crippen LogP contribution in [0.5, 0.6) is 11.5 Å². The van der Waals surface area contributed by atoms with Crippen molar-refractivity contribution in [2.24, 2.45) is 0 Å². The first-order valence-electron chi connectivity index (χ1n) is 8.63. The van der Waals surface area contributed by atoms with E-state index < -0.39 is 0 Å². The van der Waals surface area contributed by atoms with Crippen LogP contribution in [0.1, 0.15) is 32.8 Å². The molecule has 2 heterocycles. The number of rotatable bonds is 2. The van der Waals surface area contributed by atoms with Crippen molar-refractivity contribution >= 4 is 17.6 Å². The fraction of sp³-hybridized carbons (Fsp3) is 0.611. The molecule has 1 aromatic carbocycles. The Morgan fingerprint density at radius 3 is 2.88 bits per heavy atom.